The molecule has 7 atom stereocenters. The number of carbonyl (C=O) groups excluding carboxylic acids is 1. The number of amides is 1. The summed E-state index contributed by atoms with van der Waals surface area (Å²) in [6.07, 6.45) is 49.8. The lowest BCUT2D eigenvalue weighted by Crippen LogP contribution is -2.60. The first-order valence-electron chi connectivity index (χ1n) is 21.8. The van der Waals surface area contributed by atoms with Crippen LogP contribution < -0.4 is 5.32 Å². The van der Waals surface area contributed by atoms with Gasteiger partial charge in [-0.25, -0.2) is 0 Å². The minimum absolute atomic E-state index is 0.229. The number of hydrogen-bond donors (Lipinski definition) is 6. The third kappa shape index (κ3) is 28.1. The summed E-state index contributed by atoms with van der Waals surface area (Å²) in [5, 5.41) is 53.8. The Balaban J connectivity index is 2.33. The monoisotopic (exact) mass is 808 g/mol. The zero-order valence-corrected chi connectivity index (χ0v) is 35.5. The minimum atomic E-state index is -1.59. The second-order valence-corrected chi connectivity index (χ2v) is 14.4. The van der Waals surface area contributed by atoms with Gasteiger partial charge in [-0.3, -0.25) is 4.79 Å². The second kappa shape index (κ2) is 37.8. The Hall–Kier alpha value is -3.41. The van der Waals surface area contributed by atoms with Crippen LogP contribution in [0.4, 0.5) is 0 Å². The van der Waals surface area contributed by atoms with Crippen molar-refractivity contribution >= 4 is 5.91 Å². The quantitative estimate of drug-likeness (QED) is 0.0285. The molecule has 1 aliphatic heterocycles. The average Bonchev–Trinajstić information content (AvgIpc) is 3.22. The van der Waals surface area contributed by atoms with Crippen LogP contribution >= 0.6 is 0 Å². The summed E-state index contributed by atoms with van der Waals surface area (Å²) in [7, 11) is 0. The van der Waals surface area contributed by atoms with E-state index >= 15 is 0 Å². The van der Waals surface area contributed by atoms with Crippen molar-refractivity contribution < 1.29 is 39.8 Å². The van der Waals surface area contributed by atoms with Crippen molar-refractivity contribution in [2.45, 2.75) is 166 Å². The Morgan fingerprint density at radius 2 is 1.07 bits per heavy atom. The molecule has 0 radical (unpaired) electrons. The number of hydrogen-bond acceptors (Lipinski definition) is 8. The third-order valence-electron chi connectivity index (χ3n) is 9.27. The molecular weight excluding hydrogens is 731 g/mol. The standard InChI is InChI=1S/C49H77NO8/c1-3-5-7-9-11-13-14-15-16-17-18-19-20-21-22-23-24-25-26-27-28-29-30-31-33-35-37-39-45(53)50-42(43(52)38-36-34-32-12-10-8-6-4-2)41-57-49-48(56)47(55)46(54)44(40-51)58-49/h5,7,10-13,15-16,18-19,21-22,24-25,27-28,30-31,36,38,42-44,46-49,51-52,54-56H,3-4,6,8-9,14,17,20,23,26,29,32-35,37,39-41H2,1-2H3,(H,50,53)/b7-5-,12-10+,13-11-,16-15-,19-18-,22-21-,25-24-,28-27-,31-30-,38-36+. The molecule has 1 amide bonds. The Morgan fingerprint density at radius 3 is 1.59 bits per heavy atom. The van der Waals surface area contributed by atoms with Gasteiger partial charge in [0.25, 0.3) is 0 Å². The average molecular weight is 808 g/mol. The number of rotatable bonds is 33. The van der Waals surface area contributed by atoms with E-state index in [0.717, 1.165) is 96.3 Å². The normalized spacial score (nSPS) is 22.1. The lowest BCUT2D eigenvalue weighted by atomic mass is 9.99. The van der Waals surface area contributed by atoms with E-state index in [1.54, 1.807) is 6.08 Å². The van der Waals surface area contributed by atoms with Crippen LogP contribution in [0.3, 0.4) is 0 Å². The van der Waals surface area contributed by atoms with E-state index in [2.05, 4.69) is 129 Å². The minimum Gasteiger partial charge on any atom is -0.394 e. The highest BCUT2D eigenvalue weighted by Crippen LogP contribution is 2.22. The van der Waals surface area contributed by atoms with Crippen LogP contribution in [0.15, 0.2) is 122 Å². The van der Waals surface area contributed by atoms with Crippen LogP contribution in [0.2, 0.25) is 0 Å². The molecule has 1 saturated heterocycles. The van der Waals surface area contributed by atoms with Crippen LogP contribution in [-0.4, -0.2) is 87.5 Å². The molecule has 58 heavy (non-hydrogen) atoms. The summed E-state index contributed by atoms with van der Waals surface area (Å²) < 4.78 is 11.1. The van der Waals surface area contributed by atoms with E-state index in [9.17, 15) is 30.3 Å². The Morgan fingerprint density at radius 1 is 0.603 bits per heavy atom. The summed E-state index contributed by atoms with van der Waals surface area (Å²) in [6.45, 7) is 3.49. The number of allylic oxidation sites excluding steroid dienone is 19. The van der Waals surface area contributed by atoms with Crippen molar-refractivity contribution in [1.29, 1.82) is 0 Å². The zero-order valence-electron chi connectivity index (χ0n) is 35.5. The number of carbonyl (C=O) groups is 1. The Kier molecular flexibility index (Phi) is 34.3. The first-order valence-corrected chi connectivity index (χ1v) is 21.8. The van der Waals surface area contributed by atoms with E-state index in [0.29, 0.717) is 6.42 Å². The molecule has 1 fully saturated rings. The topological polar surface area (TPSA) is 149 Å². The van der Waals surface area contributed by atoms with Gasteiger partial charge >= 0.3 is 0 Å². The predicted octanol–water partition coefficient (Wildman–Crippen LogP) is 8.88. The maximum atomic E-state index is 12.9. The van der Waals surface area contributed by atoms with Gasteiger partial charge in [0.15, 0.2) is 6.29 Å². The first kappa shape index (κ1) is 52.6. The highest BCUT2D eigenvalue weighted by atomic mass is 16.7. The number of ether oxygens (including phenoxy) is 2. The van der Waals surface area contributed by atoms with Gasteiger partial charge in [0.2, 0.25) is 5.91 Å². The van der Waals surface area contributed by atoms with Crippen molar-refractivity contribution in [2.24, 2.45) is 0 Å². The molecular formula is C49H77NO8. The van der Waals surface area contributed by atoms with E-state index in [4.69, 9.17) is 9.47 Å². The second-order valence-electron chi connectivity index (χ2n) is 14.4. The van der Waals surface area contributed by atoms with Crippen molar-refractivity contribution in [3.8, 4) is 0 Å². The molecule has 0 aromatic carbocycles. The molecule has 9 nitrogen and oxygen atoms in total. The molecule has 1 aliphatic rings. The summed E-state index contributed by atoms with van der Waals surface area (Å²) in [6, 6.07) is -0.851. The molecule has 0 spiro atoms. The molecule has 1 heterocycles. The summed E-state index contributed by atoms with van der Waals surface area (Å²) in [5.41, 5.74) is 0. The van der Waals surface area contributed by atoms with Crippen molar-refractivity contribution in [3.63, 3.8) is 0 Å². The molecule has 0 saturated carbocycles. The van der Waals surface area contributed by atoms with E-state index in [1.807, 2.05) is 6.08 Å². The van der Waals surface area contributed by atoms with Gasteiger partial charge in [-0.1, -0.05) is 148 Å². The zero-order chi connectivity index (χ0) is 42.3. The van der Waals surface area contributed by atoms with E-state index in [1.165, 1.54) is 0 Å². The van der Waals surface area contributed by atoms with E-state index in [-0.39, 0.29) is 18.9 Å². The fourth-order valence-corrected chi connectivity index (χ4v) is 5.76. The van der Waals surface area contributed by atoms with Crippen molar-refractivity contribution in [2.75, 3.05) is 13.2 Å². The molecule has 0 aromatic rings. The highest BCUT2D eigenvalue weighted by Gasteiger charge is 2.44. The van der Waals surface area contributed by atoms with Gasteiger partial charge in [-0.15, -0.1) is 0 Å². The van der Waals surface area contributed by atoms with Crippen LogP contribution in [0.1, 0.15) is 123 Å². The summed E-state index contributed by atoms with van der Waals surface area (Å²) in [4.78, 5) is 12.9. The van der Waals surface area contributed by atoms with Gasteiger partial charge in [0, 0.05) is 6.42 Å². The fraction of sp³-hybridized carbons (Fsp3) is 0.571. The predicted molar refractivity (Wildman–Crippen MR) is 239 cm³/mol. The largest absolute Gasteiger partial charge is 0.394 e. The number of unbranched alkanes of at least 4 members (excludes halogenated alkanes) is 5. The van der Waals surface area contributed by atoms with Crippen LogP contribution in [-0.2, 0) is 14.3 Å². The maximum Gasteiger partial charge on any atom is 0.220 e. The molecule has 0 aromatic heterocycles. The number of aliphatic hydroxyl groups is 5. The maximum absolute atomic E-state index is 12.9. The van der Waals surface area contributed by atoms with Crippen molar-refractivity contribution in [3.05, 3.63) is 122 Å². The molecule has 1 rings (SSSR count). The summed E-state index contributed by atoms with van der Waals surface area (Å²) >= 11 is 0. The smallest absolute Gasteiger partial charge is 0.220 e. The summed E-state index contributed by atoms with van der Waals surface area (Å²) in [5.74, 6) is -0.241. The molecule has 0 aliphatic carbocycles. The molecule has 9 heteroatoms. The lowest BCUT2D eigenvalue weighted by molar-refractivity contribution is -0.302. The van der Waals surface area contributed by atoms with Gasteiger partial charge < -0.3 is 40.3 Å². The van der Waals surface area contributed by atoms with Gasteiger partial charge in [0.1, 0.15) is 24.4 Å². The Bertz CT molecular complexity index is 1310. The molecule has 326 valence electrons. The lowest BCUT2D eigenvalue weighted by Gasteiger charge is -2.40. The number of nitrogens with one attached hydrogen (secondary N) is 1. The first-order chi connectivity index (χ1) is 28.3. The van der Waals surface area contributed by atoms with Crippen LogP contribution in [0.25, 0.3) is 0 Å². The van der Waals surface area contributed by atoms with Gasteiger partial charge in [0.05, 0.1) is 25.4 Å². The van der Waals surface area contributed by atoms with Crippen LogP contribution in [0, 0.1) is 0 Å². The SMILES string of the molecule is CC/C=C\C/C=C\C/C=C\C/C=C\C/C=C\C/C=C\C/C=C\C/C=C\CCCCC(=O)NC(COC1OC(CO)C(O)C(O)C1O)C(O)/C=C/CC/C=C/CCCC. The van der Waals surface area contributed by atoms with Gasteiger partial charge in [-0.2, -0.15) is 0 Å². The molecule has 0 bridgehead atoms. The molecule has 7 unspecified atom stereocenters. The van der Waals surface area contributed by atoms with Gasteiger partial charge in [-0.05, 0) is 89.9 Å². The molecule has 6 N–H and O–H groups in total. The highest BCUT2D eigenvalue weighted by molar-refractivity contribution is 5.76. The third-order valence-corrected chi connectivity index (χ3v) is 9.27. The number of aliphatic hydroxyl groups excluding tert-OH is 5. The van der Waals surface area contributed by atoms with Crippen LogP contribution in [0.5, 0.6) is 0 Å². The fourth-order valence-electron chi connectivity index (χ4n) is 5.76. The van der Waals surface area contributed by atoms with E-state index < -0.39 is 49.5 Å². The van der Waals surface area contributed by atoms with Crippen molar-refractivity contribution in [1.82, 2.24) is 5.32 Å². The Labute approximate surface area is 350 Å².